The number of hydrogen-bond donors (Lipinski definition) is 1. The highest BCUT2D eigenvalue weighted by atomic mass is 16.5. The fourth-order valence-corrected chi connectivity index (χ4v) is 1.45. The summed E-state index contributed by atoms with van der Waals surface area (Å²) in [5.41, 5.74) is 6.39. The number of para-hydroxylation sites is 1. The number of nitrogen functional groups attached to an aromatic ring is 1. The lowest BCUT2D eigenvalue weighted by molar-refractivity contribution is 0.416. The highest BCUT2D eigenvalue weighted by Gasteiger charge is 2.09. The van der Waals surface area contributed by atoms with Crippen LogP contribution in [-0.2, 0) is 0 Å². The number of rotatable bonds is 2. The Bertz CT molecular complexity index is 493. The quantitative estimate of drug-likeness (QED) is 0.822. The van der Waals surface area contributed by atoms with Crippen LogP contribution >= 0.6 is 0 Å². The highest BCUT2D eigenvalue weighted by molar-refractivity contribution is 5.64. The average molecular weight is 216 g/mol. The van der Waals surface area contributed by atoms with Crippen molar-refractivity contribution in [3.63, 3.8) is 0 Å². The second-order valence-electron chi connectivity index (χ2n) is 3.26. The summed E-state index contributed by atoms with van der Waals surface area (Å²) < 4.78 is 5.24. The molecule has 0 bridgehead atoms. The first-order chi connectivity index (χ1) is 7.70. The van der Waals surface area contributed by atoms with E-state index in [2.05, 4.69) is 15.0 Å². The molecule has 16 heavy (non-hydrogen) atoms. The van der Waals surface area contributed by atoms with E-state index in [-0.39, 0.29) is 5.95 Å². The van der Waals surface area contributed by atoms with Crippen LogP contribution < -0.4 is 10.5 Å². The van der Waals surface area contributed by atoms with Crippen LogP contribution in [0.5, 0.6) is 5.75 Å². The molecular weight excluding hydrogens is 204 g/mol. The van der Waals surface area contributed by atoms with Gasteiger partial charge in [0.1, 0.15) is 11.6 Å². The van der Waals surface area contributed by atoms with Crippen molar-refractivity contribution in [2.45, 2.75) is 6.92 Å². The summed E-state index contributed by atoms with van der Waals surface area (Å²) in [4.78, 5) is 12.2. The van der Waals surface area contributed by atoms with Crippen molar-refractivity contribution in [3.05, 3.63) is 30.1 Å². The van der Waals surface area contributed by atoms with Crippen LogP contribution in [0.1, 0.15) is 5.82 Å². The lowest BCUT2D eigenvalue weighted by Gasteiger charge is -2.07. The molecule has 82 valence electrons. The Morgan fingerprint density at radius 1 is 1.12 bits per heavy atom. The summed E-state index contributed by atoms with van der Waals surface area (Å²) in [7, 11) is 1.61. The Balaban J connectivity index is 2.58. The van der Waals surface area contributed by atoms with Gasteiger partial charge in [0.15, 0.2) is 5.82 Å². The van der Waals surface area contributed by atoms with Crippen molar-refractivity contribution in [2.24, 2.45) is 0 Å². The topological polar surface area (TPSA) is 73.9 Å². The molecule has 0 amide bonds. The Morgan fingerprint density at radius 3 is 2.56 bits per heavy atom. The molecule has 0 aliphatic rings. The molecule has 0 spiro atoms. The third-order valence-corrected chi connectivity index (χ3v) is 2.11. The summed E-state index contributed by atoms with van der Waals surface area (Å²) in [5, 5.41) is 0. The fourth-order valence-electron chi connectivity index (χ4n) is 1.45. The van der Waals surface area contributed by atoms with E-state index in [1.54, 1.807) is 14.0 Å². The zero-order valence-electron chi connectivity index (χ0n) is 9.14. The number of benzene rings is 1. The molecule has 1 aromatic carbocycles. The summed E-state index contributed by atoms with van der Waals surface area (Å²) in [6.07, 6.45) is 0. The number of aryl methyl sites for hydroxylation is 1. The van der Waals surface area contributed by atoms with Gasteiger partial charge in [0.25, 0.3) is 0 Å². The maximum absolute atomic E-state index is 5.59. The van der Waals surface area contributed by atoms with E-state index in [1.165, 1.54) is 0 Å². The molecule has 1 heterocycles. The van der Waals surface area contributed by atoms with Gasteiger partial charge in [-0.25, -0.2) is 4.98 Å². The monoisotopic (exact) mass is 216 g/mol. The van der Waals surface area contributed by atoms with E-state index in [4.69, 9.17) is 10.5 Å². The predicted molar refractivity (Wildman–Crippen MR) is 61.0 cm³/mol. The molecule has 1 aromatic heterocycles. The lowest BCUT2D eigenvalue weighted by atomic mass is 10.2. The number of nitrogens with zero attached hydrogens (tertiary/aromatic N) is 3. The first-order valence-electron chi connectivity index (χ1n) is 4.82. The lowest BCUT2D eigenvalue weighted by Crippen LogP contribution is -2.02. The molecule has 0 unspecified atom stereocenters. The highest BCUT2D eigenvalue weighted by Crippen LogP contribution is 2.26. The largest absolute Gasteiger partial charge is 0.496 e. The maximum atomic E-state index is 5.59. The van der Waals surface area contributed by atoms with Gasteiger partial charge >= 0.3 is 0 Å². The van der Waals surface area contributed by atoms with Crippen LogP contribution in [0.15, 0.2) is 24.3 Å². The Kier molecular flexibility index (Phi) is 2.68. The fraction of sp³-hybridized carbons (Fsp3) is 0.182. The minimum absolute atomic E-state index is 0.216. The number of anilines is 1. The maximum Gasteiger partial charge on any atom is 0.223 e. The van der Waals surface area contributed by atoms with E-state index >= 15 is 0 Å². The molecule has 2 N–H and O–H groups in total. The van der Waals surface area contributed by atoms with Gasteiger partial charge in [0.2, 0.25) is 5.95 Å². The molecule has 2 aromatic rings. The minimum Gasteiger partial charge on any atom is -0.496 e. The predicted octanol–water partition coefficient (Wildman–Crippen LogP) is 1.44. The SMILES string of the molecule is COc1ccccc1-c1nc(C)nc(N)n1. The standard InChI is InChI=1S/C11H12N4O/c1-7-13-10(15-11(12)14-7)8-5-3-4-6-9(8)16-2/h3-6H,1-2H3,(H2,12,13,14,15). The van der Waals surface area contributed by atoms with Gasteiger partial charge in [-0.05, 0) is 19.1 Å². The second-order valence-corrected chi connectivity index (χ2v) is 3.26. The van der Waals surface area contributed by atoms with E-state index < -0.39 is 0 Å². The van der Waals surface area contributed by atoms with Crippen LogP contribution in [0.2, 0.25) is 0 Å². The number of hydrogen-bond acceptors (Lipinski definition) is 5. The van der Waals surface area contributed by atoms with Crippen molar-refractivity contribution in [1.29, 1.82) is 0 Å². The molecule has 0 radical (unpaired) electrons. The Labute approximate surface area is 93.3 Å². The molecule has 0 aliphatic carbocycles. The molecule has 5 nitrogen and oxygen atoms in total. The van der Waals surface area contributed by atoms with Crippen molar-refractivity contribution >= 4 is 5.95 Å². The van der Waals surface area contributed by atoms with Gasteiger partial charge in [0.05, 0.1) is 12.7 Å². The van der Waals surface area contributed by atoms with Crippen LogP contribution in [0.4, 0.5) is 5.95 Å². The smallest absolute Gasteiger partial charge is 0.223 e. The normalized spacial score (nSPS) is 10.1. The molecule has 2 rings (SSSR count). The van der Waals surface area contributed by atoms with Crippen LogP contribution in [0.3, 0.4) is 0 Å². The Morgan fingerprint density at radius 2 is 1.88 bits per heavy atom. The second kappa shape index (κ2) is 4.14. The first kappa shape index (κ1) is 10.4. The minimum atomic E-state index is 0.216. The number of aromatic nitrogens is 3. The van der Waals surface area contributed by atoms with E-state index in [9.17, 15) is 0 Å². The van der Waals surface area contributed by atoms with Gasteiger partial charge in [-0.3, -0.25) is 0 Å². The summed E-state index contributed by atoms with van der Waals surface area (Å²) >= 11 is 0. The zero-order valence-corrected chi connectivity index (χ0v) is 9.14. The molecule has 0 saturated heterocycles. The third-order valence-electron chi connectivity index (χ3n) is 2.11. The van der Waals surface area contributed by atoms with Gasteiger partial charge in [-0.1, -0.05) is 12.1 Å². The molecule has 0 atom stereocenters. The van der Waals surface area contributed by atoms with E-state index in [0.29, 0.717) is 17.4 Å². The summed E-state index contributed by atoms with van der Waals surface area (Å²) in [6, 6.07) is 7.52. The van der Waals surface area contributed by atoms with E-state index in [0.717, 1.165) is 5.56 Å². The molecular formula is C11H12N4O. The summed E-state index contributed by atoms with van der Waals surface area (Å²) in [6.45, 7) is 1.77. The van der Waals surface area contributed by atoms with Crippen molar-refractivity contribution < 1.29 is 4.74 Å². The Hall–Kier alpha value is -2.17. The van der Waals surface area contributed by atoms with Crippen molar-refractivity contribution in [1.82, 2.24) is 15.0 Å². The molecule has 0 saturated carbocycles. The zero-order chi connectivity index (χ0) is 11.5. The number of ether oxygens (including phenoxy) is 1. The number of nitrogens with two attached hydrogens (primary N) is 1. The molecule has 0 fully saturated rings. The van der Waals surface area contributed by atoms with Crippen LogP contribution in [-0.4, -0.2) is 22.1 Å². The molecule has 5 heteroatoms. The average Bonchev–Trinajstić information content (AvgIpc) is 2.27. The van der Waals surface area contributed by atoms with Crippen LogP contribution in [0.25, 0.3) is 11.4 Å². The summed E-state index contributed by atoms with van der Waals surface area (Å²) in [5.74, 6) is 2.05. The van der Waals surface area contributed by atoms with Crippen LogP contribution in [0, 0.1) is 6.92 Å². The van der Waals surface area contributed by atoms with Gasteiger partial charge < -0.3 is 10.5 Å². The van der Waals surface area contributed by atoms with Crippen molar-refractivity contribution in [2.75, 3.05) is 12.8 Å². The van der Waals surface area contributed by atoms with E-state index in [1.807, 2.05) is 24.3 Å². The molecule has 0 aliphatic heterocycles. The van der Waals surface area contributed by atoms with Crippen molar-refractivity contribution in [3.8, 4) is 17.1 Å². The van der Waals surface area contributed by atoms with Gasteiger partial charge in [-0.15, -0.1) is 0 Å². The third kappa shape index (κ3) is 1.93. The first-order valence-corrected chi connectivity index (χ1v) is 4.82. The number of methoxy groups -OCH3 is 1. The van der Waals surface area contributed by atoms with Gasteiger partial charge in [-0.2, -0.15) is 9.97 Å². The van der Waals surface area contributed by atoms with Gasteiger partial charge in [0, 0.05) is 0 Å².